The van der Waals surface area contributed by atoms with Crippen LogP contribution in [0.1, 0.15) is 5.56 Å². The van der Waals surface area contributed by atoms with Gasteiger partial charge in [-0.15, -0.1) is 0 Å². The summed E-state index contributed by atoms with van der Waals surface area (Å²) in [5, 5.41) is 2.07. The molecule has 0 amide bonds. The van der Waals surface area contributed by atoms with Gasteiger partial charge >= 0.3 is 0 Å². The Hall–Kier alpha value is -2.18. The molecule has 1 N–H and O–H groups in total. The number of halogens is 6. The van der Waals surface area contributed by atoms with Crippen molar-refractivity contribution in [3.63, 3.8) is 0 Å². The first-order chi connectivity index (χ1) is 9.38. The third kappa shape index (κ3) is 2.87. The van der Waals surface area contributed by atoms with E-state index in [1.165, 1.54) is 0 Å². The van der Waals surface area contributed by atoms with Gasteiger partial charge in [-0.3, -0.25) is 0 Å². The van der Waals surface area contributed by atoms with E-state index in [0.29, 0.717) is 6.07 Å². The van der Waals surface area contributed by atoms with Gasteiger partial charge in [-0.2, -0.15) is 0 Å². The number of hydrogen-bond acceptors (Lipinski definition) is 1. The average molecular weight is 291 g/mol. The normalized spacial score (nSPS) is 10.7. The molecule has 0 heterocycles. The van der Waals surface area contributed by atoms with Crippen LogP contribution in [-0.2, 0) is 6.54 Å². The molecule has 2 aromatic carbocycles. The Morgan fingerprint density at radius 2 is 1.20 bits per heavy atom. The fourth-order valence-electron chi connectivity index (χ4n) is 1.63. The average Bonchev–Trinajstić information content (AvgIpc) is 2.35. The number of rotatable bonds is 3. The molecule has 0 aliphatic carbocycles. The van der Waals surface area contributed by atoms with E-state index in [4.69, 9.17) is 0 Å². The Morgan fingerprint density at radius 3 is 1.70 bits per heavy atom. The van der Waals surface area contributed by atoms with E-state index in [1.807, 2.05) is 0 Å². The number of benzene rings is 2. The Labute approximate surface area is 109 Å². The molecule has 106 valence electrons. The van der Waals surface area contributed by atoms with Crippen molar-refractivity contribution < 1.29 is 26.3 Å². The molecule has 0 radical (unpaired) electrons. The molecule has 20 heavy (non-hydrogen) atoms. The lowest BCUT2D eigenvalue weighted by molar-refractivity contribution is 0.458. The van der Waals surface area contributed by atoms with Crippen LogP contribution in [-0.4, -0.2) is 0 Å². The highest BCUT2D eigenvalue weighted by molar-refractivity contribution is 5.47. The molecule has 0 unspecified atom stereocenters. The third-order valence-corrected chi connectivity index (χ3v) is 2.50. The third-order valence-electron chi connectivity index (χ3n) is 2.50. The van der Waals surface area contributed by atoms with Crippen molar-refractivity contribution in [1.82, 2.24) is 0 Å². The predicted molar refractivity (Wildman–Crippen MR) is 60.0 cm³/mol. The second-order valence-electron chi connectivity index (χ2n) is 3.97. The van der Waals surface area contributed by atoms with Gasteiger partial charge in [-0.25, -0.2) is 26.3 Å². The second kappa shape index (κ2) is 5.44. The fourth-order valence-corrected chi connectivity index (χ4v) is 1.63. The van der Waals surface area contributed by atoms with Crippen LogP contribution < -0.4 is 5.32 Å². The van der Waals surface area contributed by atoms with Crippen LogP contribution in [0.4, 0.5) is 32.0 Å². The van der Waals surface area contributed by atoms with Gasteiger partial charge in [-0.05, 0) is 17.7 Å². The van der Waals surface area contributed by atoms with E-state index in [1.54, 1.807) is 0 Å². The van der Waals surface area contributed by atoms with Crippen LogP contribution in [0.3, 0.4) is 0 Å². The number of hydrogen-bond donors (Lipinski definition) is 1. The van der Waals surface area contributed by atoms with Crippen molar-refractivity contribution in [2.75, 3.05) is 5.32 Å². The molecule has 0 fully saturated rings. The molecule has 0 spiro atoms. The van der Waals surface area contributed by atoms with Crippen molar-refractivity contribution in [3.8, 4) is 0 Å². The van der Waals surface area contributed by atoms with Crippen molar-refractivity contribution in [2.45, 2.75) is 6.54 Å². The summed E-state index contributed by atoms with van der Waals surface area (Å²) in [4.78, 5) is 0. The molecule has 1 nitrogen and oxygen atoms in total. The van der Waals surface area contributed by atoms with E-state index in [2.05, 4.69) is 5.32 Å². The first-order valence-corrected chi connectivity index (χ1v) is 5.40. The molecule has 0 atom stereocenters. The SMILES string of the molecule is Fc1cc(F)cc(CNc2c(F)c(F)cc(F)c2F)c1. The van der Waals surface area contributed by atoms with Crippen LogP contribution >= 0.6 is 0 Å². The first kappa shape index (κ1) is 14.2. The zero-order chi connectivity index (χ0) is 14.9. The van der Waals surface area contributed by atoms with E-state index < -0.39 is 47.1 Å². The van der Waals surface area contributed by atoms with Crippen LogP contribution in [0.15, 0.2) is 24.3 Å². The molecule has 0 aromatic heterocycles. The molecule has 2 aromatic rings. The smallest absolute Gasteiger partial charge is 0.185 e. The van der Waals surface area contributed by atoms with Gasteiger partial charge in [0.25, 0.3) is 0 Å². The van der Waals surface area contributed by atoms with Crippen molar-refractivity contribution in [2.24, 2.45) is 0 Å². The number of anilines is 1. The van der Waals surface area contributed by atoms with E-state index in [0.717, 1.165) is 12.1 Å². The minimum Gasteiger partial charge on any atom is -0.376 e. The lowest BCUT2D eigenvalue weighted by atomic mass is 10.2. The summed E-state index contributed by atoms with van der Waals surface area (Å²) in [5.74, 6) is -8.13. The van der Waals surface area contributed by atoms with E-state index >= 15 is 0 Å². The van der Waals surface area contributed by atoms with Gasteiger partial charge < -0.3 is 5.32 Å². The van der Waals surface area contributed by atoms with Crippen LogP contribution in [0.5, 0.6) is 0 Å². The van der Waals surface area contributed by atoms with Gasteiger partial charge in [0.15, 0.2) is 23.3 Å². The molecular formula is C13H7F6N. The fraction of sp³-hybridized carbons (Fsp3) is 0.0769. The van der Waals surface area contributed by atoms with Gasteiger partial charge in [0.1, 0.15) is 17.3 Å². The molecule has 0 aliphatic heterocycles. The summed E-state index contributed by atoms with van der Waals surface area (Å²) < 4.78 is 78.3. The summed E-state index contributed by atoms with van der Waals surface area (Å²) in [6.45, 7) is -0.411. The van der Waals surface area contributed by atoms with Crippen LogP contribution in [0, 0.1) is 34.9 Å². The molecular weight excluding hydrogens is 284 g/mol. The molecule has 7 heteroatoms. The maximum atomic E-state index is 13.3. The minimum absolute atomic E-state index is 0.0194. The summed E-state index contributed by atoms with van der Waals surface area (Å²) >= 11 is 0. The highest BCUT2D eigenvalue weighted by atomic mass is 19.2. The molecule has 2 rings (SSSR count). The predicted octanol–water partition coefficient (Wildman–Crippen LogP) is 4.13. The molecule has 0 bridgehead atoms. The van der Waals surface area contributed by atoms with Crippen LogP contribution in [0.25, 0.3) is 0 Å². The van der Waals surface area contributed by atoms with Gasteiger partial charge in [0.05, 0.1) is 0 Å². The quantitative estimate of drug-likeness (QED) is 0.662. The van der Waals surface area contributed by atoms with Crippen molar-refractivity contribution in [1.29, 1.82) is 0 Å². The largest absolute Gasteiger partial charge is 0.376 e. The summed E-state index contributed by atoms with van der Waals surface area (Å²) in [6.07, 6.45) is 0. The van der Waals surface area contributed by atoms with Crippen molar-refractivity contribution in [3.05, 3.63) is 64.7 Å². The molecule has 0 aliphatic rings. The second-order valence-corrected chi connectivity index (χ2v) is 3.97. The molecule has 0 saturated carbocycles. The summed E-state index contributed by atoms with van der Waals surface area (Å²) in [7, 11) is 0. The minimum atomic E-state index is -1.61. The maximum Gasteiger partial charge on any atom is 0.185 e. The van der Waals surface area contributed by atoms with Gasteiger partial charge in [0.2, 0.25) is 0 Å². The van der Waals surface area contributed by atoms with Gasteiger partial charge in [-0.1, -0.05) is 0 Å². The topological polar surface area (TPSA) is 12.0 Å². The van der Waals surface area contributed by atoms with E-state index in [9.17, 15) is 26.3 Å². The zero-order valence-electron chi connectivity index (χ0n) is 9.78. The van der Waals surface area contributed by atoms with E-state index in [-0.39, 0.29) is 11.6 Å². The highest BCUT2D eigenvalue weighted by Gasteiger charge is 2.18. The summed E-state index contributed by atoms with van der Waals surface area (Å²) in [5.41, 5.74) is -1.02. The Balaban J connectivity index is 2.27. The van der Waals surface area contributed by atoms with Crippen LogP contribution in [0.2, 0.25) is 0 Å². The molecule has 0 saturated heterocycles. The Morgan fingerprint density at radius 1 is 0.700 bits per heavy atom. The highest BCUT2D eigenvalue weighted by Crippen LogP contribution is 2.24. The maximum absolute atomic E-state index is 13.3. The van der Waals surface area contributed by atoms with Gasteiger partial charge in [0, 0.05) is 18.7 Å². The Bertz CT molecular complexity index is 609. The number of nitrogens with one attached hydrogen (secondary N) is 1. The first-order valence-electron chi connectivity index (χ1n) is 5.40. The lowest BCUT2D eigenvalue weighted by Crippen LogP contribution is -2.07. The lowest BCUT2D eigenvalue weighted by Gasteiger charge is -2.10. The monoisotopic (exact) mass is 291 g/mol. The Kier molecular flexibility index (Phi) is 3.87. The summed E-state index contributed by atoms with van der Waals surface area (Å²) in [6, 6.07) is 2.52. The standard InChI is InChI=1S/C13H7F6N/c14-7-1-6(2-8(15)3-7)5-20-13-11(18)9(16)4-10(17)12(13)19/h1-4,20H,5H2. The zero-order valence-corrected chi connectivity index (χ0v) is 9.78. The van der Waals surface area contributed by atoms with Crippen molar-refractivity contribution >= 4 is 5.69 Å².